The van der Waals surface area contributed by atoms with Crippen molar-refractivity contribution < 1.29 is 18.0 Å². The Labute approximate surface area is 150 Å². The summed E-state index contributed by atoms with van der Waals surface area (Å²) in [5.74, 6) is -0.248. The Kier molecular flexibility index (Phi) is 7.93. The maximum atomic E-state index is 12.7. The molecule has 0 fully saturated rings. The highest BCUT2D eigenvalue weighted by Gasteiger charge is 2.30. The molecule has 0 aliphatic carbocycles. The lowest BCUT2D eigenvalue weighted by Crippen LogP contribution is -2.25. The number of nitrogens with two attached hydrogens (primary N) is 1. The van der Waals surface area contributed by atoms with Crippen LogP contribution in [0.2, 0.25) is 0 Å². The average Bonchev–Trinajstić information content (AvgIpc) is 2.58. The van der Waals surface area contributed by atoms with Crippen LogP contribution in [0.25, 0.3) is 11.1 Å². The van der Waals surface area contributed by atoms with Crippen LogP contribution in [0, 0.1) is 0 Å². The molecule has 0 unspecified atom stereocenters. The topological polar surface area (TPSA) is 55.1 Å². The zero-order valence-corrected chi connectivity index (χ0v) is 14.3. The maximum absolute atomic E-state index is 12.7. The predicted octanol–water partition coefficient (Wildman–Crippen LogP) is 4.26. The summed E-state index contributed by atoms with van der Waals surface area (Å²) >= 11 is 0. The Hall–Kier alpha value is -2.05. The van der Waals surface area contributed by atoms with Gasteiger partial charge in [0.2, 0.25) is 0 Å². The van der Waals surface area contributed by atoms with Crippen molar-refractivity contribution in [3.63, 3.8) is 0 Å². The van der Waals surface area contributed by atoms with Crippen LogP contribution in [0.3, 0.4) is 0 Å². The summed E-state index contributed by atoms with van der Waals surface area (Å²) in [6, 6.07) is 11.6. The van der Waals surface area contributed by atoms with Gasteiger partial charge in [-0.15, -0.1) is 12.4 Å². The van der Waals surface area contributed by atoms with E-state index >= 15 is 0 Å². The second-order valence-corrected chi connectivity index (χ2v) is 5.37. The minimum absolute atomic E-state index is 0. The Morgan fingerprint density at radius 3 is 2.24 bits per heavy atom. The van der Waals surface area contributed by atoms with Gasteiger partial charge in [0.25, 0.3) is 5.91 Å². The van der Waals surface area contributed by atoms with E-state index in [4.69, 9.17) is 5.73 Å². The second kappa shape index (κ2) is 9.44. The summed E-state index contributed by atoms with van der Waals surface area (Å²) in [4.78, 5) is 12.3. The molecular weight excluding hydrogens is 353 g/mol. The minimum atomic E-state index is -4.38. The van der Waals surface area contributed by atoms with Gasteiger partial charge in [0, 0.05) is 12.1 Å². The second-order valence-electron chi connectivity index (χ2n) is 5.37. The van der Waals surface area contributed by atoms with Crippen molar-refractivity contribution in [1.29, 1.82) is 0 Å². The number of alkyl halides is 3. The summed E-state index contributed by atoms with van der Waals surface area (Å²) in [5, 5.41) is 2.81. The first kappa shape index (κ1) is 21.0. The van der Waals surface area contributed by atoms with Gasteiger partial charge in [-0.25, -0.2) is 0 Å². The number of unbranched alkanes of at least 4 members (excludes halogenated alkanes) is 1. The standard InChI is InChI=1S/C18H19F3N2O.ClH/c19-18(20,21)14-9-7-13(8-10-14)15-5-1-2-6-16(15)17(24)23-12-4-3-11-22;/h1-2,5-10H,3-4,11-12,22H2,(H,23,24);1H. The number of hydrogen-bond acceptors (Lipinski definition) is 2. The molecule has 0 heterocycles. The molecule has 1 amide bonds. The van der Waals surface area contributed by atoms with Crippen LogP contribution in [-0.4, -0.2) is 19.0 Å². The van der Waals surface area contributed by atoms with Crippen molar-refractivity contribution in [3.05, 3.63) is 59.7 Å². The first-order chi connectivity index (χ1) is 11.4. The number of rotatable bonds is 6. The van der Waals surface area contributed by atoms with E-state index in [-0.39, 0.29) is 18.3 Å². The van der Waals surface area contributed by atoms with E-state index < -0.39 is 11.7 Å². The molecule has 136 valence electrons. The Balaban J connectivity index is 0.00000312. The fraction of sp³-hybridized carbons (Fsp3) is 0.278. The highest BCUT2D eigenvalue weighted by atomic mass is 35.5. The fourth-order valence-electron chi connectivity index (χ4n) is 2.34. The fourth-order valence-corrected chi connectivity index (χ4v) is 2.34. The third-order valence-corrected chi connectivity index (χ3v) is 3.61. The molecule has 2 aromatic carbocycles. The Morgan fingerprint density at radius 2 is 1.64 bits per heavy atom. The number of amides is 1. The molecule has 0 saturated carbocycles. The lowest BCUT2D eigenvalue weighted by atomic mass is 9.98. The molecule has 3 N–H and O–H groups in total. The molecule has 0 aliphatic rings. The molecule has 0 aromatic heterocycles. The number of carbonyl (C=O) groups is 1. The molecular formula is C18H20ClF3N2O. The predicted molar refractivity (Wildman–Crippen MR) is 94.7 cm³/mol. The monoisotopic (exact) mass is 372 g/mol. The van der Waals surface area contributed by atoms with Crippen LogP contribution in [0.4, 0.5) is 13.2 Å². The number of halogens is 4. The van der Waals surface area contributed by atoms with Gasteiger partial charge >= 0.3 is 6.18 Å². The molecule has 3 nitrogen and oxygen atoms in total. The summed E-state index contributed by atoms with van der Waals surface area (Å²) in [6.45, 7) is 1.08. The summed E-state index contributed by atoms with van der Waals surface area (Å²) in [5.41, 5.74) is 6.29. The first-order valence-corrected chi connectivity index (χ1v) is 7.68. The van der Waals surface area contributed by atoms with Crippen molar-refractivity contribution >= 4 is 18.3 Å². The third kappa shape index (κ3) is 5.76. The van der Waals surface area contributed by atoms with Gasteiger partial charge in [-0.05, 0) is 48.7 Å². The minimum Gasteiger partial charge on any atom is -0.352 e. The van der Waals surface area contributed by atoms with E-state index in [0.29, 0.717) is 29.8 Å². The van der Waals surface area contributed by atoms with Crippen molar-refractivity contribution in [1.82, 2.24) is 5.32 Å². The molecule has 2 aromatic rings. The summed E-state index contributed by atoms with van der Waals surface area (Å²) in [6.07, 6.45) is -2.77. The molecule has 25 heavy (non-hydrogen) atoms. The molecule has 7 heteroatoms. The highest BCUT2D eigenvalue weighted by molar-refractivity contribution is 6.00. The van der Waals surface area contributed by atoms with Crippen molar-refractivity contribution in [2.75, 3.05) is 13.1 Å². The van der Waals surface area contributed by atoms with Gasteiger partial charge in [0.15, 0.2) is 0 Å². The zero-order valence-electron chi connectivity index (χ0n) is 13.5. The normalized spacial score (nSPS) is 10.9. The summed E-state index contributed by atoms with van der Waals surface area (Å²) < 4.78 is 38.0. The maximum Gasteiger partial charge on any atom is 0.416 e. The van der Waals surface area contributed by atoms with E-state index in [9.17, 15) is 18.0 Å². The zero-order chi connectivity index (χ0) is 17.6. The van der Waals surface area contributed by atoms with Crippen LogP contribution in [-0.2, 0) is 6.18 Å². The smallest absolute Gasteiger partial charge is 0.352 e. The van der Waals surface area contributed by atoms with E-state index in [1.807, 2.05) is 0 Å². The molecule has 2 rings (SSSR count). The number of carbonyl (C=O) groups excluding carboxylic acids is 1. The van der Waals surface area contributed by atoms with Gasteiger partial charge in [-0.1, -0.05) is 30.3 Å². The van der Waals surface area contributed by atoms with E-state index in [1.165, 1.54) is 12.1 Å². The molecule has 0 bridgehead atoms. The highest BCUT2D eigenvalue weighted by Crippen LogP contribution is 2.31. The van der Waals surface area contributed by atoms with Crippen molar-refractivity contribution in [3.8, 4) is 11.1 Å². The van der Waals surface area contributed by atoms with Gasteiger partial charge in [-0.2, -0.15) is 13.2 Å². The van der Waals surface area contributed by atoms with Crippen LogP contribution >= 0.6 is 12.4 Å². The third-order valence-electron chi connectivity index (χ3n) is 3.61. The quantitative estimate of drug-likeness (QED) is 0.744. The van der Waals surface area contributed by atoms with Crippen molar-refractivity contribution in [2.24, 2.45) is 5.73 Å². The van der Waals surface area contributed by atoms with Gasteiger partial charge < -0.3 is 11.1 Å². The van der Waals surface area contributed by atoms with E-state index in [1.54, 1.807) is 24.3 Å². The van der Waals surface area contributed by atoms with Crippen LogP contribution in [0.1, 0.15) is 28.8 Å². The number of benzene rings is 2. The number of nitrogens with one attached hydrogen (secondary N) is 1. The molecule has 0 saturated heterocycles. The Bertz CT molecular complexity index is 687. The largest absolute Gasteiger partial charge is 0.416 e. The molecule has 0 radical (unpaired) electrons. The van der Waals surface area contributed by atoms with E-state index in [0.717, 1.165) is 25.0 Å². The molecule has 0 aliphatic heterocycles. The van der Waals surface area contributed by atoms with Gasteiger partial charge in [0.05, 0.1) is 5.56 Å². The number of hydrogen-bond donors (Lipinski definition) is 2. The van der Waals surface area contributed by atoms with Crippen molar-refractivity contribution in [2.45, 2.75) is 19.0 Å². The molecule has 0 atom stereocenters. The first-order valence-electron chi connectivity index (χ1n) is 7.68. The molecule has 0 spiro atoms. The lowest BCUT2D eigenvalue weighted by Gasteiger charge is -2.12. The van der Waals surface area contributed by atoms with Gasteiger partial charge in [-0.3, -0.25) is 4.79 Å². The summed E-state index contributed by atoms with van der Waals surface area (Å²) in [7, 11) is 0. The van der Waals surface area contributed by atoms with E-state index in [2.05, 4.69) is 5.32 Å². The van der Waals surface area contributed by atoms with Crippen LogP contribution < -0.4 is 11.1 Å². The SMILES string of the molecule is Cl.NCCCCNC(=O)c1ccccc1-c1ccc(C(F)(F)F)cc1. The van der Waals surface area contributed by atoms with Gasteiger partial charge in [0.1, 0.15) is 0 Å². The van der Waals surface area contributed by atoms with Crippen LogP contribution in [0.15, 0.2) is 48.5 Å². The Morgan fingerprint density at radius 1 is 1.00 bits per heavy atom. The lowest BCUT2D eigenvalue weighted by molar-refractivity contribution is -0.137. The van der Waals surface area contributed by atoms with Crippen LogP contribution in [0.5, 0.6) is 0 Å². The average molecular weight is 373 g/mol.